The predicted molar refractivity (Wildman–Crippen MR) is 126 cm³/mol. The molecule has 3 rings (SSSR count). The van der Waals surface area contributed by atoms with Gasteiger partial charge in [0.15, 0.2) is 22.6 Å². The van der Waals surface area contributed by atoms with Gasteiger partial charge in [-0.15, -0.1) is 35.3 Å². The van der Waals surface area contributed by atoms with Gasteiger partial charge in [-0.1, -0.05) is 6.07 Å². The van der Waals surface area contributed by atoms with E-state index in [1.165, 1.54) is 0 Å². The molecule has 2 heterocycles. The monoisotopic (exact) mass is 517 g/mol. The lowest BCUT2D eigenvalue weighted by Crippen LogP contribution is -2.38. The summed E-state index contributed by atoms with van der Waals surface area (Å²) in [6.07, 6.45) is 0. The molecule has 154 valence electrons. The van der Waals surface area contributed by atoms with E-state index in [1.54, 1.807) is 11.3 Å². The van der Waals surface area contributed by atoms with Crippen LogP contribution in [0.15, 0.2) is 28.6 Å². The summed E-state index contributed by atoms with van der Waals surface area (Å²) in [5.41, 5.74) is 2.13. The Morgan fingerprint density at radius 1 is 1.21 bits per heavy atom. The fourth-order valence-electron chi connectivity index (χ4n) is 2.73. The molecule has 0 atom stereocenters. The molecule has 0 unspecified atom stereocenters. The molecule has 2 aromatic rings. The summed E-state index contributed by atoms with van der Waals surface area (Å²) in [7, 11) is 6.03. The number of anilines is 1. The Hall–Kier alpha value is -1.75. The number of halogens is 1. The normalized spacial score (nSPS) is 12.9. The zero-order valence-corrected chi connectivity index (χ0v) is 19.9. The molecular formula is C19H28IN5O2S. The van der Waals surface area contributed by atoms with Gasteiger partial charge in [-0.05, 0) is 24.6 Å². The predicted octanol–water partition coefficient (Wildman–Crippen LogP) is 3.20. The third-order valence-electron chi connectivity index (χ3n) is 4.04. The molecule has 0 radical (unpaired) electrons. The highest BCUT2D eigenvalue weighted by Gasteiger charge is 2.14. The molecule has 1 aromatic carbocycles. The molecule has 0 fully saturated rings. The minimum absolute atomic E-state index is 0. The summed E-state index contributed by atoms with van der Waals surface area (Å²) in [4.78, 5) is 13.5. The zero-order chi connectivity index (χ0) is 19.2. The number of nitrogens with zero attached hydrogens (tertiary/aromatic N) is 4. The van der Waals surface area contributed by atoms with Crippen LogP contribution >= 0.6 is 35.3 Å². The summed E-state index contributed by atoms with van der Waals surface area (Å²) in [5.74, 6) is 2.48. The van der Waals surface area contributed by atoms with Crippen LogP contribution in [-0.2, 0) is 13.1 Å². The van der Waals surface area contributed by atoms with E-state index >= 15 is 0 Å². The largest absolute Gasteiger partial charge is 0.486 e. The molecule has 1 aromatic heterocycles. The van der Waals surface area contributed by atoms with Gasteiger partial charge in [0.2, 0.25) is 0 Å². The van der Waals surface area contributed by atoms with Crippen molar-refractivity contribution < 1.29 is 9.47 Å². The van der Waals surface area contributed by atoms with Gasteiger partial charge in [-0.3, -0.25) is 0 Å². The highest BCUT2D eigenvalue weighted by atomic mass is 127. The minimum atomic E-state index is 0. The van der Waals surface area contributed by atoms with Gasteiger partial charge in [0.1, 0.15) is 13.2 Å². The van der Waals surface area contributed by atoms with Crippen molar-refractivity contribution >= 4 is 46.4 Å². The van der Waals surface area contributed by atoms with Crippen LogP contribution in [0.3, 0.4) is 0 Å². The van der Waals surface area contributed by atoms with E-state index in [9.17, 15) is 0 Å². The zero-order valence-electron chi connectivity index (χ0n) is 16.8. The Morgan fingerprint density at radius 3 is 2.64 bits per heavy atom. The fourth-order valence-corrected chi connectivity index (χ4v) is 3.48. The summed E-state index contributed by atoms with van der Waals surface area (Å²) in [6.45, 7) is 5.36. The van der Waals surface area contributed by atoms with Crippen molar-refractivity contribution in [3.63, 3.8) is 0 Å². The van der Waals surface area contributed by atoms with Crippen molar-refractivity contribution in [3.05, 3.63) is 34.8 Å². The van der Waals surface area contributed by atoms with Crippen LogP contribution in [0.2, 0.25) is 0 Å². The molecule has 0 bridgehead atoms. The Labute approximate surface area is 187 Å². The van der Waals surface area contributed by atoms with E-state index in [0.29, 0.717) is 19.8 Å². The molecule has 0 saturated carbocycles. The second kappa shape index (κ2) is 10.7. The first-order valence-electron chi connectivity index (χ1n) is 9.06. The molecule has 0 aliphatic carbocycles. The topological polar surface area (TPSA) is 62.2 Å². The average molecular weight is 517 g/mol. The second-order valence-electron chi connectivity index (χ2n) is 6.52. The van der Waals surface area contributed by atoms with Crippen molar-refractivity contribution in [2.24, 2.45) is 4.99 Å². The minimum Gasteiger partial charge on any atom is -0.486 e. The maximum absolute atomic E-state index is 5.68. The fraction of sp³-hybridized carbons (Fsp3) is 0.474. The number of ether oxygens (including phenoxy) is 2. The highest BCUT2D eigenvalue weighted by molar-refractivity contribution is 14.0. The standard InChI is InChI=1S/C19H27N5O2S.HI/c1-5-20-18(21-11-15-13-27-19(22-15)23(2)3)24(4)12-14-6-7-16-17(10-14)26-9-8-25-16;/h6-7,10,13H,5,8-9,11-12H2,1-4H3,(H,20,21);1H. The third kappa shape index (κ3) is 5.87. The number of thiazole rings is 1. The quantitative estimate of drug-likeness (QED) is 0.361. The molecule has 0 spiro atoms. The molecule has 9 heteroatoms. The molecule has 1 N–H and O–H groups in total. The SMILES string of the molecule is CCNC(=NCc1csc(N(C)C)n1)N(C)Cc1ccc2c(c1)OCCO2.I. The molecule has 7 nitrogen and oxygen atoms in total. The summed E-state index contributed by atoms with van der Waals surface area (Å²) < 4.78 is 11.3. The summed E-state index contributed by atoms with van der Waals surface area (Å²) in [5, 5.41) is 6.40. The van der Waals surface area contributed by atoms with Crippen molar-refractivity contribution in [2.45, 2.75) is 20.0 Å². The van der Waals surface area contributed by atoms with Gasteiger partial charge >= 0.3 is 0 Å². The van der Waals surface area contributed by atoms with E-state index in [1.807, 2.05) is 38.2 Å². The molecule has 1 aliphatic heterocycles. The number of guanidine groups is 1. The number of fused-ring (bicyclic) bond motifs is 1. The lowest BCUT2D eigenvalue weighted by Gasteiger charge is -2.23. The number of nitrogens with one attached hydrogen (secondary N) is 1. The number of aliphatic imine (C=N–C) groups is 1. The first-order chi connectivity index (χ1) is 13.1. The lowest BCUT2D eigenvalue weighted by molar-refractivity contribution is 0.171. The molecule has 0 amide bonds. The van der Waals surface area contributed by atoms with Crippen LogP contribution in [0.25, 0.3) is 0 Å². The highest BCUT2D eigenvalue weighted by Crippen LogP contribution is 2.31. The van der Waals surface area contributed by atoms with Gasteiger partial charge in [0, 0.05) is 39.6 Å². The number of hydrogen-bond donors (Lipinski definition) is 1. The van der Waals surface area contributed by atoms with Crippen LogP contribution in [0, 0.1) is 0 Å². The third-order valence-corrected chi connectivity index (χ3v) is 5.09. The van der Waals surface area contributed by atoms with Gasteiger partial charge in [-0.25, -0.2) is 9.98 Å². The Morgan fingerprint density at radius 2 is 1.96 bits per heavy atom. The van der Waals surface area contributed by atoms with Crippen molar-refractivity contribution in [2.75, 3.05) is 45.8 Å². The Balaban J connectivity index is 0.00000280. The molecule has 1 aliphatic rings. The first-order valence-corrected chi connectivity index (χ1v) is 9.94. The Bertz CT molecular complexity index is 796. The average Bonchev–Trinajstić information content (AvgIpc) is 3.14. The second-order valence-corrected chi connectivity index (χ2v) is 7.36. The molecule has 28 heavy (non-hydrogen) atoms. The number of benzene rings is 1. The van der Waals surface area contributed by atoms with E-state index in [2.05, 4.69) is 33.6 Å². The number of hydrogen-bond acceptors (Lipinski definition) is 6. The number of rotatable bonds is 6. The number of aromatic nitrogens is 1. The van der Waals surface area contributed by atoms with Crippen molar-refractivity contribution in [3.8, 4) is 11.5 Å². The van der Waals surface area contributed by atoms with Crippen LogP contribution in [0.1, 0.15) is 18.2 Å². The van der Waals surface area contributed by atoms with Crippen LogP contribution < -0.4 is 19.7 Å². The van der Waals surface area contributed by atoms with Crippen molar-refractivity contribution in [1.82, 2.24) is 15.2 Å². The van der Waals surface area contributed by atoms with Crippen LogP contribution in [0.4, 0.5) is 5.13 Å². The van der Waals surface area contributed by atoms with E-state index in [0.717, 1.165) is 46.9 Å². The smallest absolute Gasteiger partial charge is 0.194 e. The van der Waals surface area contributed by atoms with Gasteiger partial charge in [0.05, 0.1) is 12.2 Å². The summed E-state index contributed by atoms with van der Waals surface area (Å²) in [6, 6.07) is 6.08. The summed E-state index contributed by atoms with van der Waals surface area (Å²) >= 11 is 1.63. The van der Waals surface area contributed by atoms with E-state index in [4.69, 9.17) is 14.5 Å². The molecular weight excluding hydrogens is 489 g/mol. The van der Waals surface area contributed by atoms with Crippen LogP contribution in [0.5, 0.6) is 11.5 Å². The van der Waals surface area contributed by atoms with E-state index < -0.39 is 0 Å². The van der Waals surface area contributed by atoms with Crippen molar-refractivity contribution in [1.29, 1.82) is 0 Å². The lowest BCUT2D eigenvalue weighted by atomic mass is 10.2. The Kier molecular flexibility index (Phi) is 8.61. The van der Waals surface area contributed by atoms with Gasteiger partial charge < -0.3 is 24.6 Å². The maximum atomic E-state index is 5.68. The van der Waals surface area contributed by atoms with Gasteiger partial charge in [-0.2, -0.15) is 0 Å². The van der Waals surface area contributed by atoms with Gasteiger partial charge in [0.25, 0.3) is 0 Å². The van der Waals surface area contributed by atoms with Crippen LogP contribution in [-0.4, -0.2) is 56.7 Å². The first kappa shape index (κ1) is 22.5. The maximum Gasteiger partial charge on any atom is 0.194 e. The van der Waals surface area contributed by atoms with E-state index in [-0.39, 0.29) is 24.0 Å². The molecule has 0 saturated heterocycles.